The van der Waals surface area contributed by atoms with Gasteiger partial charge in [0.2, 0.25) is 0 Å². The second-order valence-corrected chi connectivity index (χ2v) is 8.93. The highest BCUT2D eigenvalue weighted by Crippen LogP contribution is 2.27. The van der Waals surface area contributed by atoms with E-state index >= 15 is 0 Å². The number of hydrogen-bond donors (Lipinski definition) is 2. The Morgan fingerprint density at radius 1 is 0.935 bits per heavy atom. The standard InChI is InChI=1S/C25H29N3O3/c1-15(2)14-28-23(29)21-11-10-20(13-22(21)24(28)30)27-25(31)26-16(3)18-9-8-17-6-4-5-7-19(17)12-18/h8-13,15-16H,4-7,14H2,1-3H3,(H2,26,27,31). The molecule has 0 aromatic heterocycles. The van der Waals surface area contributed by atoms with Gasteiger partial charge in [0.1, 0.15) is 0 Å². The summed E-state index contributed by atoms with van der Waals surface area (Å²) < 4.78 is 0. The zero-order chi connectivity index (χ0) is 22.1. The molecule has 2 aromatic carbocycles. The number of amides is 4. The number of benzene rings is 2. The third kappa shape index (κ3) is 4.33. The molecule has 4 rings (SSSR count). The molecule has 0 bridgehead atoms. The third-order valence-electron chi connectivity index (χ3n) is 6.00. The van der Waals surface area contributed by atoms with Gasteiger partial charge in [-0.2, -0.15) is 0 Å². The molecule has 2 N–H and O–H groups in total. The van der Waals surface area contributed by atoms with Crippen LogP contribution in [0.15, 0.2) is 36.4 Å². The summed E-state index contributed by atoms with van der Waals surface area (Å²) in [6.07, 6.45) is 4.68. The molecule has 0 radical (unpaired) electrons. The summed E-state index contributed by atoms with van der Waals surface area (Å²) in [5.41, 5.74) is 5.09. The minimum absolute atomic E-state index is 0.147. The van der Waals surface area contributed by atoms with Gasteiger partial charge < -0.3 is 10.6 Å². The highest BCUT2D eigenvalue weighted by molar-refractivity contribution is 6.21. The van der Waals surface area contributed by atoms with Crippen LogP contribution in [0.25, 0.3) is 0 Å². The SMILES string of the molecule is CC(C)CN1C(=O)c2ccc(NC(=O)NC(C)c3ccc4c(c3)CCCC4)cc2C1=O. The van der Waals surface area contributed by atoms with Crippen LogP contribution in [-0.2, 0) is 12.8 Å². The van der Waals surface area contributed by atoms with E-state index in [1.165, 1.54) is 28.9 Å². The van der Waals surface area contributed by atoms with E-state index in [-0.39, 0.29) is 29.8 Å². The van der Waals surface area contributed by atoms with E-state index in [0.29, 0.717) is 23.4 Å². The molecule has 1 aliphatic heterocycles. The van der Waals surface area contributed by atoms with Crippen LogP contribution in [0, 0.1) is 5.92 Å². The third-order valence-corrected chi connectivity index (χ3v) is 6.00. The van der Waals surface area contributed by atoms with E-state index in [1.54, 1.807) is 18.2 Å². The molecule has 1 aliphatic carbocycles. The Morgan fingerprint density at radius 3 is 2.39 bits per heavy atom. The first-order chi connectivity index (χ1) is 14.8. The van der Waals surface area contributed by atoms with E-state index in [9.17, 15) is 14.4 Å². The van der Waals surface area contributed by atoms with Crippen molar-refractivity contribution < 1.29 is 14.4 Å². The number of nitrogens with one attached hydrogen (secondary N) is 2. The second kappa shape index (κ2) is 8.53. The first-order valence-corrected chi connectivity index (χ1v) is 11.0. The molecular weight excluding hydrogens is 390 g/mol. The van der Waals surface area contributed by atoms with Crippen LogP contribution >= 0.6 is 0 Å². The normalized spacial score (nSPS) is 16.2. The van der Waals surface area contributed by atoms with E-state index in [0.717, 1.165) is 18.4 Å². The molecule has 2 aromatic rings. The molecule has 1 unspecified atom stereocenters. The zero-order valence-electron chi connectivity index (χ0n) is 18.3. The van der Waals surface area contributed by atoms with Gasteiger partial charge in [-0.15, -0.1) is 0 Å². The van der Waals surface area contributed by atoms with Crippen LogP contribution in [0.1, 0.15) is 77.1 Å². The summed E-state index contributed by atoms with van der Waals surface area (Å²) in [6.45, 7) is 6.27. The van der Waals surface area contributed by atoms with E-state index < -0.39 is 0 Å². The summed E-state index contributed by atoms with van der Waals surface area (Å²) in [4.78, 5) is 39.0. The first-order valence-electron chi connectivity index (χ1n) is 11.0. The summed E-state index contributed by atoms with van der Waals surface area (Å²) >= 11 is 0. The van der Waals surface area contributed by atoms with Crippen LogP contribution in [0.5, 0.6) is 0 Å². The molecule has 2 aliphatic rings. The zero-order valence-corrected chi connectivity index (χ0v) is 18.3. The largest absolute Gasteiger partial charge is 0.331 e. The van der Waals surface area contributed by atoms with Gasteiger partial charge in [-0.1, -0.05) is 32.0 Å². The lowest BCUT2D eigenvalue weighted by molar-refractivity contribution is 0.0636. The Labute approximate surface area is 183 Å². The maximum Gasteiger partial charge on any atom is 0.319 e. The van der Waals surface area contributed by atoms with Gasteiger partial charge in [-0.25, -0.2) is 4.79 Å². The molecule has 0 saturated heterocycles. The number of carbonyl (C=O) groups is 3. The highest BCUT2D eigenvalue weighted by Gasteiger charge is 2.35. The van der Waals surface area contributed by atoms with Gasteiger partial charge in [-0.3, -0.25) is 14.5 Å². The maximum atomic E-state index is 12.6. The van der Waals surface area contributed by atoms with Crippen molar-refractivity contribution in [2.45, 2.75) is 52.5 Å². The van der Waals surface area contributed by atoms with Crippen LogP contribution in [0.2, 0.25) is 0 Å². The van der Waals surface area contributed by atoms with E-state index in [2.05, 4.69) is 28.8 Å². The molecule has 0 spiro atoms. The van der Waals surface area contributed by atoms with Crippen molar-refractivity contribution in [1.29, 1.82) is 0 Å². The average molecular weight is 420 g/mol. The molecule has 6 nitrogen and oxygen atoms in total. The Balaban J connectivity index is 1.42. The van der Waals surface area contributed by atoms with Crippen molar-refractivity contribution in [2.75, 3.05) is 11.9 Å². The molecule has 0 fully saturated rings. The smallest absolute Gasteiger partial charge is 0.319 e. The lowest BCUT2D eigenvalue weighted by atomic mass is 9.89. The Morgan fingerprint density at radius 2 is 1.65 bits per heavy atom. The Kier molecular flexibility index (Phi) is 5.81. The lowest BCUT2D eigenvalue weighted by Crippen LogP contribution is -2.33. The number of urea groups is 1. The predicted molar refractivity (Wildman–Crippen MR) is 120 cm³/mol. The molecule has 1 heterocycles. The van der Waals surface area contributed by atoms with Gasteiger partial charge >= 0.3 is 6.03 Å². The van der Waals surface area contributed by atoms with Crippen molar-refractivity contribution in [3.63, 3.8) is 0 Å². The number of imide groups is 1. The van der Waals surface area contributed by atoms with Gasteiger partial charge in [0.05, 0.1) is 17.2 Å². The van der Waals surface area contributed by atoms with E-state index in [1.807, 2.05) is 20.8 Å². The number of nitrogens with zero attached hydrogens (tertiary/aromatic N) is 1. The highest BCUT2D eigenvalue weighted by atomic mass is 16.2. The number of fused-ring (bicyclic) bond motifs is 2. The first kappa shape index (κ1) is 21.1. The van der Waals surface area contributed by atoms with E-state index in [4.69, 9.17) is 0 Å². The summed E-state index contributed by atoms with van der Waals surface area (Å²) in [7, 11) is 0. The topological polar surface area (TPSA) is 78.5 Å². The van der Waals surface area contributed by atoms with Crippen molar-refractivity contribution in [1.82, 2.24) is 10.2 Å². The molecular formula is C25H29N3O3. The predicted octanol–water partition coefficient (Wildman–Crippen LogP) is 4.70. The number of hydrogen-bond acceptors (Lipinski definition) is 3. The second-order valence-electron chi connectivity index (χ2n) is 8.93. The fourth-order valence-electron chi connectivity index (χ4n) is 4.37. The van der Waals surface area contributed by atoms with Crippen LogP contribution in [0.4, 0.5) is 10.5 Å². The fourth-order valence-corrected chi connectivity index (χ4v) is 4.37. The summed E-state index contributed by atoms with van der Waals surface area (Å²) in [6, 6.07) is 10.8. The molecule has 31 heavy (non-hydrogen) atoms. The minimum atomic E-state index is -0.346. The van der Waals surface area contributed by atoms with Crippen molar-refractivity contribution in [2.24, 2.45) is 5.92 Å². The number of carbonyl (C=O) groups excluding carboxylic acids is 3. The number of aryl methyl sites for hydroxylation is 2. The maximum absolute atomic E-state index is 12.6. The molecule has 6 heteroatoms. The van der Waals surface area contributed by atoms with Gasteiger partial charge in [0.15, 0.2) is 0 Å². The van der Waals surface area contributed by atoms with Crippen LogP contribution in [-0.4, -0.2) is 29.3 Å². The fraction of sp³-hybridized carbons (Fsp3) is 0.400. The molecule has 4 amide bonds. The van der Waals surface area contributed by atoms with Crippen molar-refractivity contribution in [3.05, 3.63) is 64.2 Å². The van der Waals surface area contributed by atoms with Crippen LogP contribution in [0.3, 0.4) is 0 Å². The van der Waals surface area contributed by atoms with Crippen molar-refractivity contribution in [3.8, 4) is 0 Å². The lowest BCUT2D eigenvalue weighted by Gasteiger charge is -2.20. The summed E-state index contributed by atoms with van der Waals surface area (Å²) in [5, 5.41) is 5.76. The van der Waals surface area contributed by atoms with Crippen molar-refractivity contribution >= 4 is 23.5 Å². The number of anilines is 1. The summed E-state index contributed by atoms with van der Waals surface area (Å²) in [5.74, 6) is -0.387. The Bertz CT molecular complexity index is 1040. The van der Waals surface area contributed by atoms with Gasteiger partial charge in [-0.05, 0) is 73.4 Å². The molecule has 1 atom stereocenters. The monoisotopic (exact) mass is 419 g/mol. The van der Waals surface area contributed by atoms with Gasteiger partial charge in [0, 0.05) is 12.2 Å². The number of rotatable bonds is 5. The quantitative estimate of drug-likeness (QED) is 0.690. The molecule has 0 saturated carbocycles. The van der Waals surface area contributed by atoms with Crippen LogP contribution < -0.4 is 10.6 Å². The minimum Gasteiger partial charge on any atom is -0.331 e. The average Bonchev–Trinajstić information content (AvgIpc) is 2.97. The Hall–Kier alpha value is -3.15. The molecule has 162 valence electrons. The van der Waals surface area contributed by atoms with Gasteiger partial charge in [0.25, 0.3) is 11.8 Å².